The predicted octanol–water partition coefficient (Wildman–Crippen LogP) is 3.10. The Balaban J connectivity index is 2.32. The van der Waals surface area contributed by atoms with Crippen LogP contribution in [0.4, 0.5) is 0 Å². The van der Waals surface area contributed by atoms with Gasteiger partial charge in [-0.05, 0) is 38.3 Å². The molecule has 0 radical (unpaired) electrons. The number of H-pyrrole nitrogens is 1. The van der Waals surface area contributed by atoms with Crippen LogP contribution in [0, 0.1) is 13.8 Å². The molecule has 2 rings (SSSR count). The lowest BCUT2D eigenvalue weighted by Crippen LogP contribution is -2.42. The molecule has 0 saturated carbocycles. The van der Waals surface area contributed by atoms with Crippen molar-refractivity contribution in [3.8, 4) is 0 Å². The maximum absolute atomic E-state index is 12.9. The molecule has 0 fully saturated rings. The molecule has 0 aromatic carbocycles. The highest BCUT2D eigenvalue weighted by molar-refractivity contribution is 6.02. The number of nitrogens with zero attached hydrogens (tertiary/aromatic N) is 1. The first-order valence-electron chi connectivity index (χ1n) is 8.30. The van der Waals surface area contributed by atoms with Gasteiger partial charge in [0.05, 0.1) is 17.9 Å². The van der Waals surface area contributed by atoms with Crippen molar-refractivity contribution < 1.29 is 18.9 Å². The lowest BCUT2D eigenvalue weighted by molar-refractivity contribution is -0.704. The predicted molar refractivity (Wildman–Crippen MR) is 91.3 cm³/mol. The number of Topliss-reactive ketones (excluding diaryl/α,β-unsaturated/α-hetero) is 1. The second-order valence-electron chi connectivity index (χ2n) is 5.89. The highest BCUT2D eigenvalue weighted by Crippen LogP contribution is 2.21. The molecule has 0 aliphatic rings. The summed E-state index contributed by atoms with van der Waals surface area (Å²) in [6.07, 6.45) is 4.79. The van der Waals surface area contributed by atoms with E-state index < -0.39 is 5.97 Å². The number of rotatable bonds is 6. The maximum Gasteiger partial charge on any atom is 0.340 e. The SMILES string of the molecule is CCOC(=O)c1c(C)[nH]c(C(=O)[C@@H](C)[n+]2ccc(CC)cc2)c1C. The highest BCUT2D eigenvalue weighted by atomic mass is 16.5. The van der Waals surface area contributed by atoms with E-state index in [1.807, 2.05) is 36.0 Å². The summed E-state index contributed by atoms with van der Waals surface area (Å²) in [5.41, 5.74) is 3.46. The van der Waals surface area contributed by atoms with E-state index in [0.717, 1.165) is 6.42 Å². The van der Waals surface area contributed by atoms with Crippen LogP contribution in [0.15, 0.2) is 24.5 Å². The number of hydrogen-bond donors (Lipinski definition) is 1. The Labute approximate surface area is 142 Å². The van der Waals surface area contributed by atoms with Crippen LogP contribution < -0.4 is 4.57 Å². The van der Waals surface area contributed by atoms with Crippen LogP contribution in [-0.4, -0.2) is 23.3 Å². The van der Waals surface area contributed by atoms with Crippen molar-refractivity contribution in [2.75, 3.05) is 6.61 Å². The van der Waals surface area contributed by atoms with Gasteiger partial charge in [0.25, 0.3) is 0 Å². The van der Waals surface area contributed by atoms with E-state index >= 15 is 0 Å². The van der Waals surface area contributed by atoms with Crippen molar-refractivity contribution in [1.82, 2.24) is 4.98 Å². The van der Waals surface area contributed by atoms with Crippen molar-refractivity contribution in [3.63, 3.8) is 0 Å². The number of aromatic nitrogens is 2. The first kappa shape index (κ1) is 17.9. The normalized spacial score (nSPS) is 12.0. The Morgan fingerprint density at radius 1 is 1.21 bits per heavy atom. The zero-order valence-corrected chi connectivity index (χ0v) is 15.0. The molecule has 0 aliphatic carbocycles. The van der Waals surface area contributed by atoms with E-state index in [1.54, 1.807) is 20.8 Å². The number of carbonyl (C=O) groups is 2. The van der Waals surface area contributed by atoms with Gasteiger partial charge < -0.3 is 9.72 Å². The van der Waals surface area contributed by atoms with Gasteiger partial charge in [0, 0.05) is 24.8 Å². The largest absolute Gasteiger partial charge is 0.462 e. The average Bonchev–Trinajstić information content (AvgIpc) is 2.88. The Morgan fingerprint density at radius 3 is 2.38 bits per heavy atom. The quantitative estimate of drug-likeness (QED) is 0.503. The first-order valence-corrected chi connectivity index (χ1v) is 8.30. The van der Waals surface area contributed by atoms with E-state index in [2.05, 4.69) is 11.9 Å². The molecule has 2 aromatic rings. The fourth-order valence-electron chi connectivity index (χ4n) is 2.81. The first-order chi connectivity index (χ1) is 11.4. The number of aryl methyl sites for hydroxylation is 2. The van der Waals surface area contributed by atoms with Gasteiger partial charge in [0.1, 0.15) is 0 Å². The number of nitrogens with one attached hydrogen (secondary N) is 1. The molecule has 0 bridgehead atoms. The number of hydrogen-bond acceptors (Lipinski definition) is 3. The summed E-state index contributed by atoms with van der Waals surface area (Å²) >= 11 is 0. The lowest BCUT2D eigenvalue weighted by Gasteiger charge is -2.07. The van der Waals surface area contributed by atoms with Crippen LogP contribution in [-0.2, 0) is 11.2 Å². The van der Waals surface area contributed by atoms with Gasteiger partial charge in [-0.2, -0.15) is 4.57 Å². The fourth-order valence-corrected chi connectivity index (χ4v) is 2.81. The van der Waals surface area contributed by atoms with Crippen molar-refractivity contribution in [1.29, 1.82) is 0 Å². The summed E-state index contributed by atoms with van der Waals surface area (Å²) in [5, 5.41) is 0. The second kappa shape index (κ2) is 7.43. The van der Waals surface area contributed by atoms with Crippen molar-refractivity contribution in [2.45, 2.75) is 47.1 Å². The van der Waals surface area contributed by atoms with Crippen LogP contribution in [0.5, 0.6) is 0 Å². The third-order valence-corrected chi connectivity index (χ3v) is 4.32. The molecule has 0 amide bonds. The Bertz CT molecular complexity index is 745. The number of pyridine rings is 1. The molecule has 0 spiro atoms. The maximum atomic E-state index is 12.9. The molecule has 2 heterocycles. The summed E-state index contributed by atoms with van der Waals surface area (Å²) in [4.78, 5) is 28.0. The van der Waals surface area contributed by atoms with Gasteiger partial charge >= 0.3 is 5.97 Å². The van der Waals surface area contributed by atoms with Crippen LogP contribution >= 0.6 is 0 Å². The summed E-state index contributed by atoms with van der Waals surface area (Å²) < 4.78 is 6.95. The van der Waals surface area contributed by atoms with Crippen LogP contribution in [0.3, 0.4) is 0 Å². The topological polar surface area (TPSA) is 63.0 Å². The minimum absolute atomic E-state index is 0.0552. The zero-order valence-electron chi connectivity index (χ0n) is 15.0. The monoisotopic (exact) mass is 329 g/mol. The van der Waals surface area contributed by atoms with E-state index in [-0.39, 0.29) is 11.8 Å². The van der Waals surface area contributed by atoms with Gasteiger partial charge in [0.15, 0.2) is 12.4 Å². The molecule has 5 heteroatoms. The standard InChI is InChI=1S/C19H24N2O3/c1-6-15-8-10-21(11-9-15)14(5)18(22)17-12(3)16(13(4)20-17)19(23)24-7-2/h8-11,14H,6-7H2,1-5H3/p+1/t14-/m1/s1. The third-order valence-electron chi connectivity index (χ3n) is 4.32. The number of aromatic amines is 1. The molecule has 128 valence electrons. The van der Waals surface area contributed by atoms with Gasteiger partial charge in [-0.3, -0.25) is 4.79 Å². The minimum atomic E-state index is -0.393. The Kier molecular flexibility index (Phi) is 5.54. The fraction of sp³-hybridized carbons (Fsp3) is 0.421. The van der Waals surface area contributed by atoms with Gasteiger partial charge in [-0.15, -0.1) is 0 Å². The molecular weight excluding hydrogens is 304 g/mol. The van der Waals surface area contributed by atoms with E-state index in [1.165, 1.54) is 5.56 Å². The molecular formula is C19H25N2O3+. The molecule has 2 aromatic heterocycles. The lowest BCUT2D eigenvalue weighted by atomic mass is 10.0. The number of esters is 1. The summed E-state index contributed by atoms with van der Waals surface area (Å²) in [6.45, 7) is 9.58. The number of carbonyl (C=O) groups excluding carboxylic acids is 2. The van der Waals surface area contributed by atoms with Gasteiger partial charge in [-0.25, -0.2) is 4.79 Å². The molecule has 1 atom stereocenters. The van der Waals surface area contributed by atoms with Crippen molar-refractivity contribution >= 4 is 11.8 Å². The number of ether oxygens (including phenoxy) is 1. The molecule has 24 heavy (non-hydrogen) atoms. The summed E-state index contributed by atoms with van der Waals surface area (Å²) in [7, 11) is 0. The van der Waals surface area contributed by atoms with Crippen LogP contribution in [0.25, 0.3) is 0 Å². The summed E-state index contributed by atoms with van der Waals surface area (Å²) in [5.74, 6) is -0.448. The highest BCUT2D eigenvalue weighted by Gasteiger charge is 2.29. The van der Waals surface area contributed by atoms with E-state index in [4.69, 9.17) is 4.74 Å². The molecule has 1 N–H and O–H groups in total. The molecule has 0 aliphatic heterocycles. The minimum Gasteiger partial charge on any atom is -0.462 e. The Morgan fingerprint density at radius 2 is 1.83 bits per heavy atom. The average molecular weight is 329 g/mol. The molecule has 0 unspecified atom stereocenters. The second-order valence-corrected chi connectivity index (χ2v) is 5.89. The van der Waals surface area contributed by atoms with Gasteiger partial charge in [-0.1, -0.05) is 6.92 Å². The molecule has 5 nitrogen and oxygen atoms in total. The van der Waals surface area contributed by atoms with Crippen LogP contribution in [0.1, 0.15) is 64.5 Å². The zero-order chi connectivity index (χ0) is 17.9. The summed E-state index contributed by atoms with van der Waals surface area (Å²) in [6, 6.07) is 3.67. The van der Waals surface area contributed by atoms with Gasteiger partial charge in [0.2, 0.25) is 11.8 Å². The molecule has 0 saturated heterocycles. The van der Waals surface area contributed by atoms with Crippen molar-refractivity contribution in [3.05, 3.63) is 52.6 Å². The van der Waals surface area contributed by atoms with E-state index in [0.29, 0.717) is 29.1 Å². The third kappa shape index (κ3) is 3.40. The Hall–Kier alpha value is -2.43. The van der Waals surface area contributed by atoms with E-state index in [9.17, 15) is 9.59 Å². The van der Waals surface area contributed by atoms with Crippen molar-refractivity contribution in [2.24, 2.45) is 0 Å². The smallest absolute Gasteiger partial charge is 0.340 e. The van der Waals surface area contributed by atoms with Crippen LogP contribution in [0.2, 0.25) is 0 Å². The number of ketones is 1.